The number of benzene rings is 1. The Kier molecular flexibility index (Phi) is 14.7. The molecule has 0 spiro atoms. The van der Waals surface area contributed by atoms with E-state index < -0.39 is 17.5 Å². The number of thiazole rings is 1. The zero-order valence-electron chi connectivity index (χ0n) is 26.6. The number of hydrogen-bond donors (Lipinski definition) is 3. The number of carbonyl (C=O) groups excluding carboxylic acids is 3. The number of aromatic nitrogens is 1. The maximum absolute atomic E-state index is 13.7. The van der Waals surface area contributed by atoms with Crippen LogP contribution in [0.5, 0.6) is 0 Å². The van der Waals surface area contributed by atoms with E-state index in [1.165, 1.54) is 0 Å². The minimum Gasteiger partial charge on any atom is -0.381 e. The fraction of sp³-hybridized carbons (Fsp3) is 0.625. The molecule has 4 N–H and O–H groups in total. The lowest BCUT2D eigenvalue weighted by atomic mass is 9.85. The van der Waals surface area contributed by atoms with Crippen molar-refractivity contribution in [2.75, 3.05) is 52.7 Å². The van der Waals surface area contributed by atoms with Crippen LogP contribution in [0.3, 0.4) is 0 Å². The summed E-state index contributed by atoms with van der Waals surface area (Å²) >= 11 is 1.60. The molecule has 44 heavy (non-hydrogen) atoms. The van der Waals surface area contributed by atoms with E-state index >= 15 is 0 Å². The van der Waals surface area contributed by atoms with Crippen LogP contribution in [-0.2, 0) is 35.1 Å². The molecular weight excluding hydrogens is 582 g/mol. The highest BCUT2D eigenvalue weighted by Gasteiger charge is 2.41. The number of nitrogens with one attached hydrogen (secondary N) is 2. The van der Waals surface area contributed by atoms with Gasteiger partial charge in [-0.3, -0.25) is 14.4 Å². The molecule has 1 fully saturated rings. The molecule has 0 saturated carbocycles. The van der Waals surface area contributed by atoms with E-state index in [-0.39, 0.29) is 24.3 Å². The van der Waals surface area contributed by atoms with Crippen molar-refractivity contribution >= 4 is 29.1 Å². The Bertz CT molecular complexity index is 1180. The number of nitrogens with two attached hydrogens (primary N) is 1. The lowest BCUT2D eigenvalue weighted by molar-refractivity contribution is -0.144. The predicted octanol–water partition coefficient (Wildman–Crippen LogP) is 3.05. The Morgan fingerprint density at radius 3 is 2.32 bits per heavy atom. The number of amides is 3. The summed E-state index contributed by atoms with van der Waals surface area (Å²) in [5.41, 5.74) is 9.72. The van der Waals surface area contributed by atoms with Gasteiger partial charge >= 0.3 is 0 Å². The average molecular weight is 632 g/mol. The summed E-state index contributed by atoms with van der Waals surface area (Å²) in [6, 6.07) is 6.68. The molecule has 1 saturated heterocycles. The molecule has 3 amide bonds. The number of hydrogen-bond acceptors (Lipinski definition) is 9. The largest absolute Gasteiger partial charge is 0.381 e. The van der Waals surface area contributed by atoms with Crippen molar-refractivity contribution in [3.05, 3.63) is 41.0 Å². The molecule has 2 atom stereocenters. The number of likely N-dealkylation sites (tertiary alicyclic amines) is 1. The first-order valence-corrected chi connectivity index (χ1v) is 16.3. The summed E-state index contributed by atoms with van der Waals surface area (Å²) in [5.74, 6) is -0.809. The van der Waals surface area contributed by atoms with Gasteiger partial charge in [0.15, 0.2) is 0 Å². The van der Waals surface area contributed by atoms with Crippen molar-refractivity contribution in [1.29, 1.82) is 0 Å². The summed E-state index contributed by atoms with van der Waals surface area (Å²) in [6.45, 7) is 11.5. The third-order valence-corrected chi connectivity index (χ3v) is 8.31. The topological polar surface area (TPSA) is 145 Å². The van der Waals surface area contributed by atoms with Gasteiger partial charge in [0.25, 0.3) is 0 Å². The zero-order valence-corrected chi connectivity index (χ0v) is 27.4. The number of aryl methyl sites for hydroxylation is 1. The Morgan fingerprint density at radius 1 is 1.05 bits per heavy atom. The molecule has 3 rings (SSSR count). The van der Waals surface area contributed by atoms with Gasteiger partial charge in [0, 0.05) is 46.1 Å². The summed E-state index contributed by atoms with van der Waals surface area (Å²) in [4.78, 5) is 46.7. The van der Waals surface area contributed by atoms with Crippen LogP contribution in [0, 0.1) is 12.3 Å². The van der Waals surface area contributed by atoms with Gasteiger partial charge in [-0.05, 0) is 49.1 Å². The third-order valence-electron chi connectivity index (χ3n) is 7.34. The molecule has 0 aliphatic carbocycles. The molecule has 1 aromatic carbocycles. The highest BCUT2D eigenvalue weighted by molar-refractivity contribution is 7.13. The minimum absolute atomic E-state index is 0.155. The van der Waals surface area contributed by atoms with Crippen LogP contribution >= 0.6 is 11.3 Å². The fourth-order valence-electron chi connectivity index (χ4n) is 4.96. The van der Waals surface area contributed by atoms with Crippen molar-refractivity contribution < 1.29 is 28.6 Å². The van der Waals surface area contributed by atoms with Crippen LogP contribution in [0.4, 0.5) is 0 Å². The van der Waals surface area contributed by atoms with E-state index in [1.807, 2.05) is 57.5 Å². The molecular formula is C32H49N5O6S. The van der Waals surface area contributed by atoms with E-state index in [1.54, 1.807) is 16.2 Å². The number of ether oxygens (including phenoxy) is 3. The summed E-state index contributed by atoms with van der Waals surface area (Å²) < 4.78 is 16.4. The Balaban J connectivity index is 1.43. The lowest BCUT2D eigenvalue weighted by Crippen LogP contribution is -2.58. The predicted molar refractivity (Wildman–Crippen MR) is 171 cm³/mol. The highest BCUT2D eigenvalue weighted by atomic mass is 32.1. The van der Waals surface area contributed by atoms with Gasteiger partial charge in [-0.2, -0.15) is 0 Å². The smallest absolute Gasteiger partial charge is 0.246 e. The molecule has 2 heterocycles. The fourth-order valence-corrected chi connectivity index (χ4v) is 5.77. The summed E-state index contributed by atoms with van der Waals surface area (Å²) in [7, 11) is 0. The minimum atomic E-state index is -0.792. The molecule has 12 heteroatoms. The first-order chi connectivity index (χ1) is 21.1. The van der Waals surface area contributed by atoms with Crippen LogP contribution in [0.2, 0.25) is 0 Å². The first kappa shape index (κ1) is 35.6. The van der Waals surface area contributed by atoms with Gasteiger partial charge in [0.05, 0.1) is 22.7 Å². The van der Waals surface area contributed by atoms with Crippen LogP contribution < -0.4 is 16.4 Å². The highest BCUT2D eigenvalue weighted by Crippen LogP contribution is 2.28. The number of rotatable bonds is 18. The van der Waals surface area contributed by atoms with Crippen molar-refractivity contribution in [2.24, 2.45) is 11.1 Å². The Labute approximate surface area is 265 Å². The second-order valence-corrected chi connectivity index (χ2v) is 12.9. The van der Waals surface area contributed by atoms with E-state index in [4.69, 9.17) is 19.9 Å². The van der Waals surface area contributed by atoms with Gasteiger partial charge in [-0.15, -0.1) is 11.3 Å². The first-order valence-electron chi connectivity index (χ1n) is 15.4. The molecule has 1 aliphatic rings. The van der Waals surface area contributed by atoms with Gasteiger partial charge in [-0.25, -0.2) is 4.98 Å². The number of nitrogens with zero attached hydrogens (tertiary/aromatic N) is 2. The SMILES string of the molecule is Cc1ncsc1-c1ccc(CNC(=O)[C@@H]2CCCN2C(=O)[C@@H](NC(=O)COCCCOCCCOCCN)C(C)(C)C)cc1. The van der Waals surface area contributed by atoms with Crippen molar-refractivity contribution in [3.63, 3.8) is 0 Å². The zero-order chi connectivity index (χ0) is 32.0. The standard InChI is InChI=1S/C32H49N5O6S/c1-23-28(44-22-35-23)25-11-9-24(10-12-25)20-34-30(39)26-8-5-14-37(26)31(40)29(32(2,3)4)36-27(38)21-43-18-7-16-41-15-6-17-42-19-13-33/h9-12,22,26,29H,5-8,13-21,33H2,1-4H3,(H,34,39)(H,36,38)/t26-,29+/m0/s1. The van der Waals surface area contributed by atoms with E-state index in [2.05, 4.69) is 15.6 Å². The van der Waals surface area contributed by atoms with Gasteiger partial charge in [-0.1, -0.05) is 45.0 Å². The molecule has 11 nitrogen and oxygen atoms in total. The van der Waals surface area contributed by atoms with E-state index in [0.717, 1.165) is 34.5 Å². The van der Waals surface area contributed by atoms with Crippen LogP contribution in [-0.4, -0.2) is 92.4 Å². The quantitative estimate of drug-likeness (QED) is 0.213. The molecule has 244 valence electrons. The van der Waals surface area contributed by atoms with Crippen molar-refractivity contribution in [3.8, 4) is 10.4 Å². The van der Waals surface area contributed by atoms with Gasteiger partial charge in [0.2, 0.25) is 17.7 Å². The molecule has 0 radical (unpaired) electrons. The van der Waals surface area contributed by atoms with Crippen molar-refractivity contribution in [2.45, 2.75) is 72.0 Å². The molecule has 0 unspecified atom stereocenters. The normalized spacial score (nSPS) is 15.8. The second kappa shape index (κ2) is 18.2. The summed E-state index contributed by atoms with van der Waals surface area (Å²) in [6.07, 6.45) is 2.76. The van der Waals surface area contributed by atoms with Gasteiger partial charge in [0.1, 0.15) is 18.7 Å². The van der Waals surface area contributed by atoms with Crippen LogP contribution in [0.25, 0.3) is 10.4 Å². The molecule has 1 aromatic heterocycles. The molecule has 2 aromatic rings. The molecule has 1 aliphatic heterocycles. The third kappa shape index (κ3) is 11.2. The van der Waals surface area contributed by atoms with E-state index in [9.17, 15) is 14.4 Å². The van der Waals surface area contributed by atoms with Crippen LogP contribution in [0.1, 0.15) is 57.7 Å². The maximum atomic E-state index is 13.7. The maximum Gasteiger partial charge on any atom is 0.246 e. The lowest BCUT2D eigenvalue weighted by Gasteiger charge is -2.35. The molecule has 0 bridgehead atoms. The van der Waals surface area contributed by atoms with Crippen LogP contribution in [0.15, 0.2) is 29.8 Å². The Hall–Kier alpha value is -2.90. The number of carbonyl (C=O) groups is 3. The van der Waals surface area contributed by atoms with E-state index in [0.29, 0.717) is 65.5 Å². The second-order valence-electron chi connectivity index (χ2n) is 12.0. The van der Waals surface area contributed by atoms with Gasteiger partial charge < -0.3 is 35.5 Å². The summed E-state index contributed by atoms with van der Waals surface area (Å²) in [5, 5.41) is 5.87. The van der Waals surface area contributed by atoms with Crippen molar-refractivity contribution in [1.82, 2.24) is 20.5 Å². The monoisotopic (exact) mass is 631 g/mol. The average Bonchev–Trinajstić information content (AvgIpc) is 3.66. The Morgan fingerprint density at radius 2 is 1.70 bits per heavy atom.